The van der Waals surface area contributed by atoms with Gasteiger partial charge in [0.1, 0.15) is 6.10 Å². The first kappa shape index (κ1) is 17.5. The standard InChI is InChI=1S/C16H21BrO4S/c1-16(2,15(18)21-13-6-4-3-5-7-13)22(19,20)14-10-8-12(17)9-11-14/h8-11,13H,3-7H2,1-2H3. The highest BCUT2D eigenvalue weighted by atomic mass is 79.9. The van der Waals surface area contributed by atoms with Crippen molar-refractivity contribution in [2.75, 3.05) is 0 Å². The Hall–Kier alpha value is -0.880. The Morgan fingerprint density at radius 2 is 1.68 bits per heavy atom. The second-order valence-corrected chi connectivity index (χ2v) is 9.55. The molecule has 122 valence electrons. The second kappa shape index (κ2) is 6.71. The largest absolute Gasteiger partial charge is 0.461 e. The van der Waals surface area contributed by atoms with Gasteiger partial charge in [-0.25, -0.2) is 8.42 Å². The van der Waals surface area contributed by atoms with E-state index in [1.165, 1.54) is 26.0 Å². The Kier molecular flexibility index (Phi) is 5.33. The van der Waals surface area contributed by atoms with Crippen LogP contribution in [0.15, 0.2) is 33.6 Å². The van der Waals surface area contributed by atoms with Crippen LogP contribution in [0.25, 0.3) is 0 Å². The first-order chi connectivity index (χ1) is 10.2. The summed E-state index contributed by atoms with van der Waals surface area (Å²) in [5, 5.41) is 0. The first-order valence-corrected chi connectivity index (χ1v) is 9.74. The zero-order valence-corrected chi connectivity index (χ0v) is 15.2. The molecule has 1 aromatic rings. The van der Waals surface area contributed by atoms with Crippen LogP contribution in [0.1, 0.15) is 46.0 Å². The molecule has 0 heterocycles. The van der Waals surface area contributed by atoms with E-state index in [0.29, 0.717) is 0 Å². The number of benzene rings is 1. The molecule has 0 saturated heterocycles. The molecule has 0 amide bonds. The molecule has 0 radical (unpaired) electrons. The smallest absolute Gasteiger partial charge is 0.327 e. The summed E-state index contributed by atoms with van der Waals surface area (Å²) in [5.41, 5.74) is 0. The summed E-state index contributed by atoms with van der Waals surface area (Å²) in [6, 6.07) is 6.29. The maximum atomic E-state index is 12.7. The summed E-state index contributed by atoms with van der Waals surface area (Å²) in [4.78, 5) is 12.5. The van der Waals surface area contributed by atoms with Gasteiger partial charge in [0.25, 0.3) is 0 Å². The molecule has 22 heavy (non-hydrogen) atoms. The van der Waals surface area contributed by atoms with Crippen LogP contribution in [0.2, 0.25) is 0 Å². The topological polar surface area (TPSA) is 60.4 Å². The fourth-order valence-electron chi connectivity index (χ4n) is 2.49. The van der Waals surface area contributed by atoms with Gasteiger partial charge in [0.15, 0.2) is 14.6 Å². The maximum absolute atomic E-state index is 12.7. The summed E-state index contributed by atoms with van der Waals surface area (Å²) in [7, 11) is -3.80. The van der Waals surface area contributed by atoms with Gasteiger partial charge in [-0.2, -0.15) is 0 Å². The summed E-state index contributed by atoms with van der Waals surface area (Å²) < 4.78 is 30.1. The van der Waals surface area contributed by atoms with E-state index in [2.05, 4.69) is 15.9 Å². The van der Waals surface area contributed by atoms with Crippen molar-refractivity contribution in [2.45, 2.75) is 61.7 Å². The van der Waals surface area contributed by atoms with Gasteiger partial charge >= 0.3 is 5.97 Å². The van der Waals surface area contributed by atoms with Crippen LogP contribution in [-0.4, -0.2) is 25.2 Å². The number of esters is 1. The zero-order valence-electron chi connectivity index (χ0n) is 12.8. The van der Waals surface area contributed by atoms with Gasteiger partial charge in [-0.3, -0.25) is 4.79 Å². The predicted octanol–water partition coefficient (Wildman–Crippen LogP) is 3.88. The molecule has 6 heteroatoms. The predicted molar refractivity (Wildman–Crippen MR) is 88.4 cm³/mol. The van der Waals surface area contributed by atoms with E-state index in [9.17, 15) is 13.2 Å². The van der Waals surface area contributed by atoms with Crippen LogP contribution < -0.4 is 0 Å². The Morgan fingerprint density at radius 3 is 2.23 bits per heavy atom. The molecule has 0 aliphatic heterocycles. The Balaban J connectivity index is 2.19. The van der Waals surface area contributed by atoms with Crippen LogP contribution in [0, 0.1) is 0 Å². The van der Waals surface area contributed by atoms with E-state index in [1.807, 2.05) is 0 Å². The molecule has 0 unspecified atom stereocenters. The maximum Gasteiger partial charge on any atom is 0.327 e. The quantitative estimate of drug-likeness (QED) is 0.734. The van der Waals surface area contributed by atoms with E-state index >= 15 is 0 Å². The molecule has 0 aromatic heterocycles. The van der Waals surface area contributed by atoms with Gasteiger partial charge in [0.05, 0.1) is 4.90 Å². The van der Waals surface area contributed by atoms with Crippen LogP contribution in [-0.2, 0) is 19.4 Å². The molecule has 0 bridgehead atoms. The monoisotopic (exact) mass is 388 g/mol. The summed E-state index contributed by atoms with van der Waals surface area (Å²) in [5.74, 6) is -0.665. The average Bonchev–Trinajstić information content (AvgIpc) is 2.48. The third-order valence-corrected chi connectivity index (χ3v) is 7.04. The molecule has 2 rings (SSSR count). The molecule has 1 fully saturated rings. The summed E-state index contributed by atoms with van der Waals surface area (Å²) in [6.45, 7) is 2.82. The van der Waals surface area contributed by atoms with Gasteiger partial charge in [-0.15, -0.1) is 0 Å². The van der Waals surface area contributed by atoms with E-state index in [0.717, 1.165) is 36.6 Å². The Labute approximate surface area is 140 Å². The van der Waals surface area contributed by atoms with Crippen molar-refractivity contribution in [3.63, 3.8) is 0 Å². The SMILES string of the molecule is CC(C)(C(=O)OC1CCCCC1)S(=O)(=O)c1ccc(Br)cc1. The van der Waals surface area contributed by atoms with Crippen LogP contribution in [0.4, 0.5) is 0 Å². The third-order valence-electron chi connectivity index (χ3n) is 4.11. The number of carbonyl (C=O) groups excluding carboxylic acids is 1. The average molecular weight is 389 g/mol. The van der Waals surface area contributed by atoms with E-state index in [1.54, 1.807) is 12.1 Å². The van der Waals surface area contributed by atoms with Gasteiger partial charge in [0, 0.05) is 4.47 Å². The molecule has 1 saturated carbocycles. The minimum Gasteiger partial charge on any atom is -0.461 e. The molecule has 4 nitrogen and oxygen atoms in total. The second-order valence-electron chi connectivity index (χ2n) is 6.13. The minimum atomic E-state index is -3.80. The molecule has 0 atom stereocenters. The molecule has 1 aliphatic rings. The molecule has 1 aliphatic carbocycles. The Bertz CT molecular complexity index is 629. The minimum absolute atomic E-state index is 0.126. The number of rotatable bonds is 4. The third kappa shape index (κ3) is 3.54. The van der Waals surface area contributed by atoms with Crippen LogP contribution in [0.5, 0.6) is 0 Å². The van der Waals surface area contributed by atoms with E-state index in [-0.39, 0.29) is 11.0 Å². The lowest BCUT2D eigenvalue weighted by molar-refractivity contribution is -0.152. The number of hydrogen-bond donors (Lipinski definition) is 0. The van der Waals surface area contributed by atoms with E-state index in [4.69, 9.17) is 4.74 Å². The van der Waals surface area contributed by atoms with Crippen molar-refractivity contribution in [3.8, 4) is 0 Å². The van der Waals surface area contributed by atoms with Crippen molar-refractivity contribution < 1.29 is 17.9 Å². The fourth-order valence-corrected chi connectivity index (χ4v) is 4.11. The fraction of sp³-hybridized carbons (Fsp3) is 0.562. The van der Waals surface area contributed by atoms with Crippen molar-refractivity contribution in [1.82, 2.24) is 0 Å². The highest BCUT2D eigenvalue weighted by Gasteiger charge is 2.45. The lowest BCUT2D eigenvalue weighted by atomic mass is 9.98. The molecule has 0 N–H and O–H groups in total. The Morgan fingerprint density at radius 1 is 1.14 bits per heavy atom. The number of carbonyl (C=O) groups is 1. The normalized spacial score (nSPS) is 17.2. The highest BCUT2D eigenvalue weighted by molar-refractivity contribution is 9.10. The lowest BCUT2D eigenvalue weighted by Gasteiger charge is -2.28. The van der Waals surface area contributed by atoms with Crippen LogP contribution in [0.3, 0.4) is 0 Å². The van der Waals surface area contributed by atoms with Crippen molar-refractivity contribution in [2.24, 2.45) is 0 Å². The number of sulfone groups is 1. The summed E-state index contributed by atoms with van der Waals surface area (Å²) in [6.07, 6.45) is 4.69. The first-order valence-electron chi connectivity index (χ1n) is 7.46. The number of ether oxygens (including phenoxy) is 1. The summed E-state index contributed by atoms with van der Waals surface area (Å²) >= 11 is 3.27. The lowest BCUT2D eigenvalue weighted by Crippen LogP contribution is -2.43. The van der Waals surface area contributed by atoms with Crippen molar-refractivity contribution in [1.29, 1.82) is 0 Å². The molecular weight excluding hydrogens is 368 g/mol. The van der Waals surface area contributed by atoms with E-state index < -0.39 is 20.6 Å². The molecular formula is C16H21BrO4S. The zero-order chi connectivity index (χ0) is 16.4. The van der Waals surface area contributed by atoms with Gasteiger partial charge in [0.2, 0.25) is 0 Å². The van der Waals surface area contributed by atoms with Crippen molar-refractivity contribution >= 4 is 31.7 Å². The number of halogens is 1. The van der Waals surface area contributed by atoms with Crippen molar-refractivity contribution in [3.05, 3.63) is 28.7 Å². The number of hydrogen-bond acceptors (Lipinski definition) is 4. The molecule has 1 aromatic carbocycles. The molecule has 0 spiro atoms. The van der Waals surface area contributed by atoms with Gasteiger partial charge in [-0.1, -0.05) is 22.4 Å². The van der Waals surface area contributed by atoms with Gasteiger partial charge < -0.3 is 4.74 Å². The van der Waals surface area contributed by atoms with Gasteiger partial charge in [-0.05, 0) is 63.8 Å². The highest BCUT2D eigenvalue weighted by Crippen LogP contribution is 2.30. The van der Waals surface area contributed by atoms with Crippen LogP contribution >= 0.6 is 15.9 Å².